The summed E-state index contributed by atoms with van der Waals surface area (Å²) in [7, 11) is 1.62. The Kier molecular flexibility index (Phi) is 3.33. The van der Waals surface area contributed by atoms with Crippen molar-refractivity contribution in [1.29, 1.82) is 0 Å². The maximum Gasteiger partial charge on any atom is 0.345 e. The van der Waals surface area contributed by atoms with E-state index in [1.165, 1.54) is 11.3 Å². The first-order valence-electron chi connectivity index (χ1n) is 5.43. The molecule has 1 aliphatic rings. The molecule has 1 aliphatic heterocycles. The van der Waals surface area contributed by atoms with Gasteiger partial charge in [-0.2, -0.15) is 0 Å². The Bertz CT molecular complexity index is 444. The van der Waals surface area contributed by atoms with Crippen LogP contribution in [-0.2, 0) is 4.79 Å². The molecule has 0 spiro atoms. The molecule has 1 atom stereocenters. The highest BCUT2D eigenvalue weighted by atomic mass is 32.1. The fourth-order valence-electron chi connectivity index (χ4n) is 2.10. The molecule has 1 amide bonds. The molecule has 1 aromatic rings. The molecule has 6 heteroatoms. The molecule has 0 bridgehead atoms. The molecule has 2 N–H and O–H groups in total. The van der Waals surface area contributed by atoms with Crippen molar-refractivity contribution < 1.29 is 14.7 Å². The summed E-state index contributed by atoms with van der Waals surface area (Å²) in [4.78, 5) is 24.8. The van der Waals surface area contributed by atoms with Gasteiger partial charge in [0.05, 0.1) is 0 Å². The van der Waals surface area contributed by atoms with Crippen LogP contribution in [-0.4, -0.2) is 36.6 Å². The average Bonchev–Trinajstić information content (AvgIpc) is 2.95. The van der Waals surface area contributed by atoms with Crippen molar-refractivity contribution in [3.8, 4) is 0 Å². The highest BCUT2D eigenvalue weighted by molar-refractivity contribution is 7.12. The van der Waals surface area contributed by atoms with Crippen LogP contribution in [0.25, 0.3) is 0 Å². The number of thiophene rings is 1. The van der Waals surface area contributed by atoms with Crippen molar-refractivity contribution in [2.24, 2.45) is 0 Å². The summed E-state index contributed by atoms with van der Waals surface area (Å²) < 4.78 is 0. The van der Waals surface area contributed by atoms with E-state index < -0.39 is 5.97 Å². The van der Waals surface area contributed by atoms with Crippen molar-refractivity contribution >= 4 is 28.9 Å². The van der Waals surface area contributed by atoms with Crippen LogP contribution in [0.4, 0.5) is 5.69 Å². The van der Waals surface area contributed by atoms with Gasteiger partial charge in [-0.1, -0.05) is 0 Å². The van der Waals surface area contributed by atoms with Gasteiger partial charge in [0, 0.05) is 24.7 Å². The van der Waals surface area contributed by atoms with Gasteiger partial charge in [0.15, 0.2) is 0 Å². The summed E-state index contributed by atoms with van der Waals surface area (Å²) in [6.07, 6.45) is 1.77. The van der Waals surface area contributed by atoms with E-state index in [4.69, 9.17) is 5.11 Å². The van der Waals surface area contributed by atoms with Gasteiger partial charge >= 0.3 is 5.97 Å². The summed E-state index contributed by atoms with van der Waals surface area (Å²) in [5, 5.41) is 13.3. The van der Waals surface area contributed by atoms with Crippen molar-refractivity contribution in [2.45, 2.75) is 18.9 Å². The van der Waals surface area contributed by atoms with Gasteiger partial charge in [-0.3, -0.25) is 4.79 Å². The molecule has 5 nitrogen and oxygen atoms in total. The second-order valence-corrected chi connectivity index (χ2v) is 4.85. The molecule has 1 aromatic heterocycles. The molecular formula is C11H14N2O3S. The number of hydrogen-bond acceptors (Lipinski definition) is 4. The summed E-state index contributed by atoms with van der Waals surface area (Å²) in [6.45, 7) is 0.799. The first-order chi connectivity index (χ1) is 8.13. The van der Waals surface area contributed by atoms with Gasteiger partial charge in [0.1, 0.15) is 10.9 Å². The third-order valence-electron chi connectivity index (χ3n) is 2.93. The van der Waals surface area contributed by atoms with Gasteiger partial charge < -0.3 is 15.3 Å². The monoisotopic (exact) mass is 254 g/mol. The van der Waals surface area contributed by atoms with Gasteiger partial charge in [0.25, 0.3) is 0 Å². The van der Waals surface area contributed by atoms with Crippen LogP contribution < -0.4 is 10.2 Å². The minimum Gasteiger partial charge on any atom is -0.477 e. The highest BCUT2D eigenvalue weighted by Crippen LogP contribution is 2.29. The van der Waals surface area contributed by atoms with Gasteiger partial charge in [-0.05, 0) is 18.9 Å². The molecule has 0 radical (unpaired) electrons. The van der Waals surface area contributed by atoms with Gasteiger partial charge in [0.2, 0.25) is 5.91 Å². The number of carboxylic acid groups (broad SMARTS) is 1. The van der Waals surface area contributed by atoms with E-state index in [1.807, 2.05) is 4.90 Å². The van der Waals surface area contributed by atoms with Crippen LogP contribution in [0.5, 0.6) is 0 Å². The predicted octanol–water partition coefficient (Wildman–Crippen LogP) is 1.16. The first-order valence-corrected chi connectivity index (χ1v) is 6.31. The lowest BCUT2D eigenvalue weighted by Crippen LogP contribution is -2.41. The quantitative estimate of drug-likeness (QED) is 0.849. The zero-order chi connectivity index (χ0) is 12.4. The number of nitrogens with zero attached hydrogens (tertiary/aromatic N) is 1. The third kappa shape index (κ3) is 2.26. The lowest BCUT2D eigenvalue weighted by molar-refractivity contribution is -0.121. The molecule has 17 heavy (non-hydrogen) atoms. The van der Waals surface area contributed by atoms with E-state index in [0.29, 0.717) is 4.88 Å². The topological polar surface area (TPSA) is 69.6 Å². The molecule has 92 valence electrons. The number of likely N-dealkylation sites (N-methyl/N-ethyl adjacent to an activating group) is 1. The molecule has 0 aromatic carbocycles. The van der Waals surface area contributed by atoms with Crippen LogP contribution in [0.2, 0.25) is 0 Å². The van der Waals surface area contributed by atoms with E-state index in [2.05, 4.69) is 5.32 Å². The summed E-state index contributed by atoms with van der Waals surface area (Å²) in [5.41, 5.74) is 0.832. The van der Waals surface area contributed by atoms with Crippen molar-refractivity contribution in [3.63, 3.8) is 0 Å². The van der Waals surface area contributed by atoms with Gasteiger partial charge in [-0.25, -0.2) is 4.79 Å². The number of hydrogen-bond donors (Lipinski definition) is 2. The standard InChI is InChI=1S/C11H14N2O3S/c1-12-10(14)8-3-2-4-13(8)7-5-9(11(15)16)17-6-7/h5-6,8H,2-4H2,1H3,(H,12,14)(H,15,16). The molecule has 1 unspecified atom stereocenters. The lowest BCUT2D eigenvalue weighted by atomic mass is 10.2. The van der Waals surface area contributed by atoms with Crippen LogP contribution in [0.3, 0.4) is 0 Å². The number of carboxylic acids is 1. The Labute approximate surface area is 103 Å². The van der Waals surface area contributed by atoms with E-state index in [9.17, 15) is 9.59 Å². The van der Waals surface area contributed by atoms with E-state index >= 15 is 0 Å². The fourth-order valence-corrected chi connectivity index (χ4v) is 2.84. The molecular weight excluding hydrogens is 240 g/mol. The molecule has 1 fully saturated rings. The summed E-state index contributed by atoms with van der Waals surface area (Å²) in [5.74, 6) is -0.928. The van der Waals surface area contributed by atoms with Crippen LogP contribution in [0.1, 0.15) is 22.5 Å². The molecule has 1 saturated heterocycles. The minimum atomic E-state index is -0.920. The number of amides is 1. The summed E-state index contributed by atoms with van der Waals surface area (Å²) in [6, 6.07) is 1.46. The zero-order valence-corrected chi connectivity index (χ0v) is 10.3. The van der Waals surface area contributed by atoms with Crippen LogP contribution in [0, 0.1) is 0 Å². The third-order valence-corrected chi connectivity index (χ3v) is 3.84. The normalized spacial score (nSPS) is 19.4. The number of nitrogens with one attached hydrogen (secondary N) is 1. The Morgan fingerprint density at radius 2 is 2.35 bits per heavy atom. The minimum absolute atomic E-state index is 0.00873. The van der Waals surface area contributed by atoms with Crippen molar-refractivity contribution in [3.05, 3.63) is 16.3 Å². The van der Waals surface area contributed by atoms with E-state index in [-0.39, 0.29) is 11.9 Å². The zero-order valence-electron chi connectivity index (χ0n) is 9.47. The molecule has 0 aliphatic carbocycles. The average molecular weight is 254 g/mol. The Balaban J connectivity index is 2.20. The Hall–Kier alpha value is -1.56. The Morgan fingerprint density at radius 1 is 1.59 bits per heavy atom. The lowest BCUT2D eigenvalue weighted by Gasteiger charge is -2.23. The molecule has 2 heterocycles. The highest BCUT2D eigenvalue weighted by Gasteiger charge is 2.30. The number of aromatic carboxylic acids is 1. The first kappa shape index (κ1) is 11.9. The second kappa shape index (κ2) is 4.75. The maximum atomic E-state index is 11.7. The maximum absolute atomic E-state index is 11.7. The second-order valence-electron chi connectivity index (χ2n) is 3.94. The number of rotatable bonds is 3. The van der Waals surface area contributed by atoms with Crippen molar-refractivity contribution in [1.82, 2.24) is 5.32 Å². The largest absolute Gasteiger partial charge is 0.477 e. The van der Waals surface area contributed by atoms with E-state index in [0.717, 1.165) is 25.1 Å². The molecule has 2 rings (SSSR count). The summed E-state index contributed by atoms with van der Waals surface area (Å²) >= 11 is 1.19. The Morgan fingerprint density at radius 3 is 2.94 bits per heavy atom. The van der Waals surface area contributed by atoms with Crippen molar-refractivity contribution in [2.75, 3.05) is 18.5 Å². The molecule has 0 saturated carbocycles. The fraction of sp³-hybridized carbons (Fsp3) is 0.455. The van der Waals surface area contributed by atoms with Crippen LogP contribution >= 0.6 is 11.3 Å². The smallest absolute Gasteiger partial charge is 0.345 e. The SMILES string of the molecule is CNC(=O)C1CCCN1c1csc(C(=O)O)c1. The number of carbonyl (C=O) groups excluding carboxylic acids is 1. The number of carbonyl (C=O) groups is 2. The van der Waals surface area contributed by atoms with E-state index in [1.54, 1.807) is 18.5 Å². The predicted molar refractivity (Wildman–Crippen MR) is 65.7 cm³/mol. The number of anilines is 1. The van der Waals surface area contributed by atoms with Crippen LogP contribution in [0.15, 0.2) is 11.4 Å². The van der Waals surface area contributed by atoms with Gasteiger partial charge in [-0.15, -0.1) is 11.3 Å².